The molecule has 1 aliphatic heterocycles. The highest BCUT2D eigenvalue weighted by molar-refractivity contribution is 7.16. The normalized spacial score (nSPS) is 18.8. The van der Waals surface area contributed by atoms with Crippen LogP contribution in [-0.2, 0) is 0 Å². The summed E-state index contributed by atoms with van der Waals surface area (Å²) in [6.07, 6.45) is 3.21. The van der Waals surface area contributed by atoms with Gasteiger partial charge >= 0.3 is 6.03 Å². The lowest BCUT2D eigenvalue weighted by atomic mass is 10.1. The molecule has 1 saturated heterocycles. The summed E-state index contributed by atoms with van der Waals surface area (Å²) in [6.45, 7) is 5.88. The van der Waals surface area contributed by atoms with E-state index in [9.17, 15) is 9.59 Å². The lowest BCUT2D eigenvalue weighted by Gasteiger charge is -2.16. The first kappa shape index (κ1) is 16.8. The van der Waals surface area contributed by atoms with Crippen molar-refractivity contribution >= 4 is 28.3 Å². The van der Waals surface area contributed by atoms with Gasteiger partial charge in [0.05, 0.1) is 5.56 Å². The van der Waals surface area contributed by atoms with Crippen LogP contribution in [0.25, 0.3) is 0 Å². The molecule has 1 atom stereocenters. The molecule has 6 nitrogen and oxygen atoms in total. The molecule has 0 aromatic carbocycles. The maximum atomic E-state index is 12.5. The van der Waals surface area contributed by atoms with E-state index in [-0.39, 0.29) is 11.9 Å². The van der Waals surface area contributed by atoms with Crippen molar-refractivity contribution in [2.45, 2.75) is 45.1 Å². The molecule has 3 amide bonds. The van der Waals surface area contributed by atoms with E-state index in [4.69, 9.17) is 5.73 Å². The summed E-state index contributed by atoms with van der Waals surface area (Å²) < 4.78 is 0. The third-order valence-corrected chi connectivity index (χ3v) is 5.03. The molecule has 2 heterocycles. The predicted molar refractivity (Wildman–Crippen MR) is 89.6 cm³/mol. The Hall–Kier alpha value is -1.60. The first-order chi connectivity index (χ1) is 10.5. The molecule has 1 aliphatic rings. The minimum absolute atomic E-state index is 0.124. The highest BCUT2D eigenvalue weighted by atomic mass is 32.1. The Balaban J connectivity index is 2.14. The Bertz CT molecular complexity index is 534. The van der Waals surface area contributed by atoms with Crippen LogP contribution in [0.2, 0.25) is 0 Å². The summed E-state index contributed by atoms with van der Waals surface area (Å²) in [5, 5.41) is 9.46. The van der Waals surface area contributed by atoms with Crippen LogP contribution in [0, 0.1) is 0 Å². The lowest BCUT2D eigenvalue weighted by Crippen LogP contribution is -2.41. The van der Waals surface area contributed by atoms with Crippen LogP contribution in [0.15, 0.2) is 6.07 Å². The van der Waals surface area contributed by atoms with Crippen LogP contribution < -0.4 is 21.7 Å². The van der Waals surface area contributed by atoms with E-state index in [0.29, 0.717) is 16.5 Å². The van der Waals surface area contributed by atoms with Crippen molar-refractivity contribution in [2.24, 2.45) is 5.73 Å². The second-order valence-corrected chi connectivity index (χ2v) is 6.99. The largest absolute Gasteiger partial charge is 0.351 e. The Labute approximate surface area is 134 Å². The van der Waals surface area contributed by atoms with Gasteiger partial charge in [-0.1, -0.05) is 20.3 Å². The van der Waals surface area contributed by atoms with Gasteiger partial charge in [0, 0.05) is 17.5 Å². The molecule has 0 aliphatic carbocycles. The van der Waals surface area contributed by atoms with Gasteiger partial charge in [0.25, 0.3) is 5.91 Å². The molecule has 0 bridgehead atoms. The monoisotopic (exact) mass is 324 g/mol. The minimum Gasteiger partial charge on any atom is -0.351 e. The molecule has 22 heavy (non-hydrogen) atoms. The van der Waals surface area contributed by atoms with Crippen LogP contribution in [0.1, 0.15) is 54.3 Å². The van der Waals surface area contributed by atoms with E-state index in [0.717, 1.165) is 37.2 Å². The van der Waals surface area contributed by atoms with Crippen LogP contribution in [0.4, 0.5) is 9.80 Å². The fourth-order valence-electron chi connectivity index (χ4n) is 2.47. The van der Waals surface area contributed by atoms with Crippen molar-refractivity contribution in [1.82, 2.24) is 10.6 Å². The third-order valence-electron chi connectivity index (χ3n) is 3.68. The molecule has 1 aromatic rings. The zero-order chi connectivity index (χ0) is 16.1. The average molecular weight is 324 g/mol. The number of amides is 3. The molecule has 0 unspecified atom stereocenters. The zero-order valence-electron chi connectivity index (χ0n) is 13.1. The molecule has 1 fully saturated rings. The van der Waals surface area contributed by atoms with Crippen LogP contribution in [0.5, 0.6) is 0 Å². The minimum atomic E-state index is -0.651. The van der Waals surface area contributed by atoms with Gasteiger partial charge in [-0.05, 0) is 31.4 Å². The highest BCUT2D eigenvalue weighted by Gasteiger charge is 2.21. The number of thiophene rings is 1. The van der Waals surface area contributed by atoms with Gasteiger partial charge < -0.3 is 16.4 Å². The van der Waals surface area contributed by atoms with Crippen molar-refractivity contribution < 1.29 is 9.59 Å². The first-order valence-electron chi connectivity index (χ1n) is 7.69. The molecule has 0 saturated carbocycles. The number of primary amides is 1. The van der Waals surface area contributed by atoms with Crippen LogP contribution >= 0.6 is 11.3 Å². The van der Waals surface area contributed by atoms with Gasteiger partial charge in [-0.25, -0.2) is 4.79 Å². The maximum absolute atomic E-state index is 12.5. The number of anilines is 1. The van der Waals surface area contributed by atoms with E-state index in [1.807, 2.05) is 6.07 Å². The zero-order valence-corrected chi connectivity index (χ0v) is 13.9. The van der Waals surface area contributed by atoms with Crippen molar-refractivity contribution in [1.29, 1.82) is 0 Å². The number of carbonyl (C=O) groups is 2. The van der Waals surface area contributed by atoms with Crippen molar-refractivity contribution in [3.05, 3.63) is 16.5 Å². The van der Waals surface area contributed by atoms with E-state index in [1.54, 1.807) is 0 Å². The van der Waals surface area contributed by atoms with Gasteiger partial charge in [0.2, 0.25) is 0 Å². The third kappa shape index (κ3) is 4.45. The number of hydrogen-bond acceptors (Lipinski definition) is 4. The Morgan fingerprint density at radius 3 is 2.86 bits per heavy atom. The van der Waals surface area contributed by atoms with Crippen LogP contribution in [-0.4, -0.2) is 31.1 Å². The van der Waals surface area contributed by atoms with Crippen LogP contribution in [0.3, 0.4) is 0 Å². The number of hydrogen-bond donors (Lipinski definition) is 4. The molecular formula is C15H24N4O2S. The van der Waals surface area contributed by atoms with E-state index in [2.05, 4.69) is 29.8 Å². The summed E-state index contributed by atoms with van der Waals surface area (Å²) in [7, 11) is 0. The number of rotatable bonds is 4. The number of urea groups is 1. The molecule has 7 heteroatoms. The second kappa shape index (κ2) is 7.60. The predicted octanol–water partition coefficient (Wildman–Crippen LogP) is 2.23. The van der Waals surface area contributed by atoms with E-state index in [1.165, 1.54) is 11.3 Å². The molecule has 0 radical (unpaired) electrons. The molecule has 0 spiro atoms. The summed E-state index contributed by atoms with van der Waals surface area (Å²) in [6, 6.07) is 1.32. The summed E-state index contributed by atoms with van der Waals surface area (Å²) in [5.41, 5.74) is 5.70. The average Bonchev–Trinajstić information content (AvgIpc) is 2.68. The first-order valence-corrected chi connectivity index (χ1v) is 8.50. The number of carbonyl (C=O) groups excluding carboxylic acids is 2. The van der Waals surface area contributed by atoms with Crippen molar-refractivity contribution in [3.63, 3.8) is 0 Å². The smallest absolute Gasteiger partial charge is 0.317 e. The number of nitrogens with one attached hydrogen (secondary N) is 3. The van der Waals surface area contributed by atoms with Crippen molar-refractivity contribution in [3.8, 4) is 0 Å². The van der Waals surface area contributed by atoms with E-state index >= 15 is 0 Å². The van der Waals surface area contributed by atoms with Gasteiger partial charge in [-0.3, -0.25) is 10.1 Å². The molecule has 122 valence electrons. The topological polar surface area (TPSA) is 96.2 Å². The van der Waals surface area contributed by atoms with Gasteiger partial charge in [0.1, 0.15) is 5.00 Å². The summed E-state index contributed by atoms with van der Waals surface area (Å²) in [5.74, 6) is 0.139. The van der Waals surface area contributed by atoms with E-state index < -0.39 is 6.03 Å². The molecular weight excluding hydrogens is 300 g/mol. The standard InChI is InChI=1S/C15H24N4O2S/c1-9(2)12-7-11(14(22-12)19-15(16)21)13(20)18-10-5-3-4-6-17-8-10/h7,9-10,17H,3-6,8H2,1-2H3,(H,18,20)(H3,16,19,21)/t10-/m0/s1. The fraction of sp³-hybridized carbons (Fsp3) is 0.600. The SMILES string of the molecule is CC(C)c1cc(C(=O)N[C@H]2CCCCNC2)c(NC(N)=O)s1. The second-order valence-electron chi connectivity index (χ2n) is 5.91. The maximum Gasteiger partial charge on any atom is 0.317 e. The fourth-order valence-corrected chi connectivity index (χ4v) is 3.53. The molecule has 1 aromatic heterocycles. The van der Waals surface area contributed by atoms with Gasteiger partial charge in [-0.2, -0.15) is 0 Å². The summed E-state index contributed by atoms with van der Waals surface area (Å²) >= 11 is 1.40. The Morgan fingerprint density at radius 1 is 1.41 bits per heavy atom. The molecule has 5 N–H and O–H groups in total. The molecule has 2 rings (SSSR count). The highest BCUT2D eigenvalue weighted by Crippen LogP contribution is 2.32. The Morgan fingerprint density at radius 2 is 2.18 bits per heavy atom. The lowest BCUT2D eigenvalue weighted by molar-refractivity contribution is 0.0936. The Kier molecular flexibility index (Phi) is 5.79. The van der Waals surface area contributed by atoms with Gasteiger partial charge in [-0.15, -0.1) is 11.3 Å². The quantitative estimate of drug-likeness (QED) is 0.684. The number of nitrogens with two attached hydrogens (primary N) is 1. The summed E-state index contributed by atoms with van der Waals surface area (Å²) in [4.78, 5) is 24.7. The van der Waals surface area contributed by atoms with Gasteiger partial charge in [0.15, 0.2) is 0 Å². The van der Waals surface area contributed by atoms with Crippen molar-refractivity contribution in [2.75, 3.05) is 18.4 Å².